The number of amides is 4. The summed E-state index contributed by atoms with van der Waals surface area (Å²) in [4.78, 5) is 40.0. The van der Waals surface area contributed by atoms with Crippen LogP contribution in [0.15, 0.2) is 91.0 Å². The second-order valence-corrected chi connectivity index (χ2v) is 10.1. The van der Waals surface area contributed by atoms with Crippen molar-refractivity contribution in [2.24, 2.45) is 5.92 Å². The topological polar surface area (TPSA) is 87.3 Å². The first-order valence-corrected chi connectivity index (χ1v) is 12.0. The number of hydrogen-bond acceptors (Lipinski definition) is 4. The van der Waals surface area contributed by atoms with Gasteiger partial charge in [0.05, 0.1) is 5.41 Å². The highest BCUT2D eigenvalue weighted by Gasteiger charge is 2.94. The second-order valence-electron chi connectivity index (χ2n) is 10.1. The second kappa shape index (κ2) is 7.36. The van der Waals surface area contributed by atoms with Crippen LogP contribution in [0.25, 0.3) is 0 Å². The number of fused-ring (bicyclic) bond motifs is 2. The van der Waals surface area contributed by atoms with Crippen LogP contribution in [0.2, 0.25) is 0 Å². The minimum atomic E-state index is -1.67. The number of carbonyl (C=O) groups excluding carboxylic acids is 3. The molecule has 176 valence electrons. The van der Waals surface area contributed by atoms with Crippen LogP contribution in [0, 0.1) is 5.92 Å². The minimum absolute atomic E-state index is 0.0876. The van der Waals surface area contributed by atoms with E-state index in [1.165, 1.54) is 0 Å². The van der Waals surface area contributed by atoms with Crippen molar-refractivity contribution in [3.8, 4) is 0 Å². The molecule has 4 amide bonds. The van der Waals surface area contributed by atoms with Gasteiger partial charge in [0.2, 0.25) is 0 Å². The lowest BCUT2D eigenvalue weighted by Crippen LogP contribution is -2.76. The summed E-state index contributed by atoms with van der Waals surface area (Å²) in [5, 5.41) is 8.37. The number of carbonyl (C=O) groups is 3. The van der Waals surface area contributed by atoms with E-state index in [0.29, 0.717) is 0 Å². The summed E-state index contributed by atoms with van der Waals surface area (Å²) in [7, 11) is 0. The van der Waals surface area contributed by atoms with E-state index in [9.17, 15) is 14.4 Å². The van der Waals surface area contributed by atoms with E-state index < -0.39 is 34.2 Å². The predicted octanol–water partition coefficient (Wildman–Crippen LogP) is 3.39. The number of imide groups is 2. The maximum Gasteiger partial charge on any atom is 0.328 e. The summed E-state index contributed by atoms with van der Waals surface area (Å²) in [6.07, 6.45) is 0. The number of barbiturate groups is 1. The highest BCUT2D eigenvalue weighted by Crippen LogP contribution is 2.83. The van der Waals surface area contributed by atoms with Gasteiger partial charge in [-0.1, -0.05) is 105 Å². The summed E-state index contributed by atoms with van der Waals surface area (Å²) in [5.41, 5.74) is -0.225. The Bertz CT molecular complexity index is 1310. The summed E-state index contributed by atoms with van der Waals surface area (Å²) in [5.74, 6) is -1.29. The van der Waals surface area contributed by atoms with Crippen LogP contribution >= 0.6 is 0 Å². The van der Waals surface area contributed by atoms with E-state index in [1.807, 2.05) is 66.7 Å². The number of piperidine rings is 1. The Balaban J connectivity index is 1.77. The van der Waals surface area contributed by atoms with Crippen molar-refractivity contribution >= 4 is 17.8 Å². The van der Waals surface area contributed by atoms with Crippen molar-refractivity contribution in [3.63, 3.8) is 0 Å². The zero-order valence-corrected chi connectivity index (χ0v) is 19.6. The fourth-order valence-electron chi connectivity index (χ4n) is 7.39. The van der Waals surface area contributed by atoms with Crippen LogP contribution in [-0.2, 0) is 20.4 Å². The highest BCUT2D eigenvalue weighted by atomic mass is 16.2. The minimum Gasteiger partial charge on any atom is -0.291 e. The van der Waals surface area contributed by atoms with Gasteiger partial charge in [-0.15, -0.1) is 0 Å². The molecule has 0 unspecified atom stereocenters. The molecule has 2 heterocycles. The van der Waals surface area contributed by atoms with Gasteiger partial charge >= 0.3 is 6.03 Å². The molecule has 0 radical (unpaired) electrons. The normalized spacial score (nSPS) is 30.7. The monoisotopic (exact) mass is 465 g/mol. The van der Waals surface area contributed by atoms with Crippen molar-refractivity contribution in [1.82, 2.24) is 16.0 Å². The fourth-order valence-corrected chi connectivity index (χ4v) is 7.39. The van der Waals surface area contributed by atoms with E-state index in [2.05, 4.69) is 54.1 Å². The van der Waals surface area contributed by atoms with Crippen LogP contribution in [0.3, 0.4) is 0 Å². The Hall–Kier alpha value is -3.77. The van der Waals surface area contributed by atoms with E-state index in [-0.39, 0.29) is 17.9 Å². The van der Waals surface area contributed by atoms with Crippen LogP contribution in [0.4, 0.5) is 4.79 Å². The van der Waals surface area contributed by atoms with Gasteiger partial charge in [0.15, 0.2) is 5.54 Å². The number of nitrogens with one attached hydrogen (secondary N) is 3. The Morgan fingerprint density at radius 3 is 1.69 bits per heavy atom. The van der Waals surface area contributed by atoms with Gasteiger partial charge in [-0.25, -0.2) is 4.79 Å². The molecule has 35 heavy (non-hydrogen) atoms. The zero-order valence-electron chi connectivity index (χ0n) is 19.6. The Labute approximate surface area is 204 Å². The molecule has 2 saturated heterocycles. The Kier molecular flexibility index (Phi) is 4.57. The molecule has 6 heteroatoms. The molecule has 1 saturated carbocycles. The molecule has 3 aromatic rings. The van der Waals surface area contributed by atoms with E-state index in [0.717, 1.165) is 16.7 Å². The summed E-state index contributed by atoms with van der Waals surface area (Å²) in [6.45, 7) is 4.22. The lowest BCUT2D eigenvalue weighted by Gasteiger charge is -2.40. The molecule has 1 aliphatic carbocycles. The summed E-state index contributed by atoms with van der Waals surface area (Å²) >= 11 is 0. The lowest BCUT2D eigenvalue weighted by molar-refractivity contribution is -0.141. The zero-order chi connectivity index (χ0) is 24.4. The quantitative estimate of drug-likeness (QED) is 0.516. The molecular weight excluding hydrogens is 438 g/mol. The average Bonchev–Trinajstić information content (AvgIpc) is 3.41. The van der Waals surface area contributed by atoms with Crippen LogP contribution in [-0.4, -0.2) is 29.4 Å². The maximum atomic E-state index is 13.9. The number of benzene rings is 3. The number of hydrogen-bond donors (Lipinski definition) is 3. The van der Waals surface area contributed by atoms with Crippen LogP contribution < -0.4 is 16.0 Å². The smallest absolute Gasteiger partial charge is 0.291 e. The van der Waals surface area contributed by atoms with E-state index >= 15 is 0 Å². The first-order valence-electron chi connectivity index (χ1n) is 12.0. The molecule has 6 nitrogen and oxygen atoms in total. The van der Waals surface area contributed by atoms with Gasteiger partial charge in [0.1, 0.15) is 0 Å². The molecular formula is C29H27N3O3. The summed E-state index contributed by atoms with van der Waals surface area (Å²) < 4.78 is 0. The molecule has 2 aliphatic heterocycles. The number of rotatable bonds is 4. The van der Waals surface area contributed by atoms with Crippen molar-refractivity contribution in [1.29, 1.82) is 0 Å². The standard InChI is InChI=1S/C29H27N3O3/c1-18(2)23-27(20-14-8-4-9-15-20)22(19-12-6-3-7-13-19)28(27,21-16-10-5-11-17-21)29(32-23)24(33)30-26(35)31-25(29)34/h3-18,22-23,32H,1-2H3,(H2,30,31,33,34,35)/t22-,23-,27+,28+/m1/s1. The molecule has 0 bridgehead atoms. The number of urea groups is 1. The van der Waals surface area contributed by atoms with Crippen molar-refractivity contribution in [2.75, 3.05) is 0 Å². The van der Waals surface area contributed by atoms with Crippen molar-refractivity contribution in [2.45, 2.75) is 42.2 Å². The maximum absolute atomic E-state index is 13.9. The molecule has 0 aromatic heterocycles. The lowest BCUT2D eigenvalue weighted by atomic mass is 9.69. The third kappa shape index (κ3) is 2.45. The van der Waals surface area contributed by atoms with Gasteiger partial charge in [-0.05, 0) is 22.6 Å². The van der Waals surface area contributed by atoms with Gasteiger partial charge < -0.3 is 0 Å². The molecule has 4 atom stereocenters. The van der Waals surface area contributed by atoms with E-state index in [4.69, 9.17) is 0 Å². The Morgan fingerprint density at radius 2 is 1.17 bits per heavy atom. The molecule has 3 fully saturated rings. The SMILES string of the molecule is CC(C)[C@H]1NC2(C(=O)NC(=O)NC2=O)[C@@]2(c3ccccc3)[C@H](c3ccccc3)[C@@]12c1ccccc1. The van der Waals surface area contributed by atoms with Crippen molar-refractivity contribution in [3.05, 3.63) is 108 Å². The van der Waals surface area contributed by atoms with Crippen LogP contribution in [0.1, 0.15) is 36.5 Å². The van der Waals surface area contributed by atoms with Crippen molar-refractivity contribution < 1.29 is 14.4 Å². The fraction of sp³-hybridized carbons (Fsp3) is 0.276. The third-order valence-electron chi connectivity index (χ3n) is 8.33. The van der Waals surface area contributed by atoms with Gasteiger partial charge in [0.25, 0.3) is 11.8 Å². The molecule has 3 aromatic carbocycles. The van der Waals surface area contributed by atoms with E-state index in [1.54, 1.807) is 0 Å². The van der Waals surface area contributed by atoms with Gasteiger partial charge in [-0.3, -0.25) is 25.5 Å². The molecule has 6 rings (SSSR count). The summed E-state index contributed by atoms with van der Waals surface area (Å²) in [6, 6.07) is 29.1. The first kappa shape index (κ1) is 21.7. The molecule has 3 N–H and O–H groups in total. The van der Waals surface area contributed by atoms with Gasteiger partial charge in [0, 0.05) is 17.4 Å². The predicted molar refractivity (Wildman–Crippen MR) is 132 cm³/mol. The third-order valence-corrected chi connectivity index (χ3v) is 8.33. The largest absolute Gasteiger partial charge is 0.328 e. The Morgan fingerprint density at radius 1 is 0.686 bits per heavy atom. The highest BCUT2D eigenvalue weighted by molar-refractivity contribution is 6.25. The average molecular weight is 466 g/mol. The molecule has 3 aliphatic rings. The van der Waals surface area contributed by atoms with Gasteiger partial charge in [-0.2, -0.15) is 0 Å². The molecule has 1 spiro atoms. The first-order chi connectivity index (χ1) is 16.9. The van der Waals surface area contributed by atoms with Crippen LogP contribution in [0.5, 0.6) is 0 Å².